The Morgan fingerprint density at radius 2 is 2.15 bits per heavy atom. The molecular formula is C14H23N3O3. The normalized spacial score (nSPS) is 28.2. The molecule has 2 atom stereocenters. The summed E-state index contributed by atoms with van der Waals surface area (Å²) in [6.45, 7) is 3.76. The van der Waals surface area contributed by atoms with Gasteiger partial charge in [-0.25, -0.2) is 14.6 Å². The fraction of sp³-hybridized carbons (Fsp3) is 0.857. The summed E-state index contributed by atoms with van der Waals surface area (Å²) in [5.74, 6) is 0.901. The zero-order valence-electron chi connectivity index (χ0n) is 12.0. The summed E-state index contributed by atoms with van der Waals surface area (Å²) in [7, 11) is 0. The zero-order valence-corrected chi connectivity index (χ0v) is 12.0. The van der Waals surface area contributed by atoms with Crippen molar-refractivity contribution in [1.82, 2.24) is 10.2 Å². The van der Waals surface area contributed by atoms with E-state index in [1.165, 1.54) is 0 Å². The van der Waals surface area contributed by atoms with Crippen LogP contribution in [-0.2, 0) is 4.79 Å². The van der Waals surface area contributed by atoms with Crippen molar-refractivity contribution in [3.63, 3.8) is 0 Å². The molecule has 1 aliphatic heterocycles. The molecule has 6 heteroatoms. The second-order valence-electron chi connectivity index (χ2n) is 6.37. The van der Waals surface area contributed by atoms with Crippen LogP contribution in [0.2, 0.25) is 0 Å². The van der Waals surface area contributed by atoms with E-state index in [0.29, 0.717) is 38.0 Å². The van der Waals surface area contributed by atoms with Gasteiger partial charge in [-0.05, 0) is 38.0 Å². The predicted octanol–water partition coefficient (Wildman–Crippen LogP) is 0.905. The highest BCUT2D eigenvalue weighted by atomic mass is 16.3. The van der Waals surface area contributed by atoms with E-state index in [-0.39, 0.29) is 6.03 Å². The van der Waals surface area contributed by atoms with Crippen molar-refractivity contribution in [3.8, 4) is 0 Å². The maximum atomic E-state index is 11.8. The average molecular weight is 281 g/mol. The monoisotopic (exact) mass is 281 g/mol. The van der Waals surface area contributed by atoms with Crippen molar-refractivity contribution in [2.45, 2.75) is 38.2 Å². The number of rotatable bonds is 4. The van der Waals surface area contributed by atoms with E-state index in [1.807, 2.05) is 0 Å². The molecule has 6 nitrogen and oxygen atoms in total. The molecule has 0 radical (unpaired) electrons. The van der Waals surface area contributed by atoms with Crippen LogP contribution in [0.4, 0.5) is 4.79 Å². The lowest BCUT2D eigenvalue weighted by molar-refractivity contribution is -0.0608. The van der Waals surface area contributed by atoms with E-state index in [4.69, 9.17) is 0 Å². The second-order valence-corrected chi connectivity index (χ2v) is 6.37. The lowest BCUT2D eigenvalue weighted by atomic mass is 9.81. The first-order valence-electron chi connectivity index (χ1n) is 7.29. The third-order valence-electron chi connectivity index (χ3n) is 4.20. The average Bonchev–Trinajstić information content (AvgIpc) is 2.40. The minimum Gasteiger partial charge on any atom is -0.386 e. The SMILES string of the molecule is CC1(O)CN(C(=O)NCC2CCCC(CN=C=O)C2)C1. The van der Waals surface area contributed by atoms with E-state index in [9.17, 15) is 14.7 Å². The van der Waals surface area contributed by atoms with Gasteiger partial charge in [0.15, 0.2) is 0 Å². The van der Waals surface area contributed by atoms with E-state index < -0.39 is 5.60 Å². The van der Waals surface area contributed by atoms with Gasteiger partial charge in [0.1, 0.15) is 0 Å². The van der Waals surface area contributed by atoms with Gasteiger partial charge in [-0.2, -0.15) is 0 Å². The molecule has 2 rings (SSSR count). The molecule has 0 aromatic rings. The van der Waals surface area contributed by atoms with Crippen LogP contribution in [0.1, 0.15) is 32.6 Å². The van der Waals surface area contributed by atoms with Crippen LogP contribution in [0.15, 0.2) is 4.99 Å². The molecule has 2 unspecified atom stereocenters. The highest BCUT2D eigenvalue weighted by molar-refractivity contribution is 5.75. The van der Waals surface area contributed by atoms with Crippen LogP contribution >= 0.6 is 0 Å². The van der Waals surface area contributed by atoms with Gasteiger partial charge in [0.2, 0.25) is 6.08 Å². The number of urea groups is 1. The van der Waals surface area contributed by atoms with Crippen molar-refractivity contribution in [2.75, 3.05) is 26.2 Å². The third-order valence-corrected chi connectivity index (χ3v) is 4.20. The fourth-order valence-electron chi connectivity index (χ4n) is 3.18. The number of hydrogen-bond donors (Lipinski definition) is 2. The molecule has 0 spiro atoms. The van der Waals surface area contributed by atoms with Gasteiger partial charge >= 0.3 is 6.03 Å². The lowest BCUT2D eigenvalue weighted by Gasteiger charge is -2.44. The first kappa shape index (κ1) is 15.0. The predicted molar refractivity (Wildman–Crippen MR) is 74.0 cm³/mol. The Kier molecular flexibility index (Phi) is 4.78. The summed E-state index contributed by atoms with van der Waals surface area (Å²) in [5, 5.41) is 12.5. The maximum absolute atomic E-state index is 11.8. The largest absolute Gasteiger partial charge is 0.386 e. The molecule has 1 aliphatic carbocycles. The quantitative estimate of drug-likeness (QED) is 0.593. The number of aliphatic hydroxyl groups is 1. The first-order chi connectivity index (χ1) is 9.50. The highest BCUT2D eigenvalue weighted by Gasteiger charge is 2.39. The maximum Gasteiger partial charge on any atom is 0.317 e. The number of amides is 2. The molecule has 2 fully saturated rings. The summed E-state index contributed by atoms with van der Waals surface area (Å²) in [6.07, 6.45) is 5.93. The van der Waals surface area contributed by atoms with Crippen molar-refractivity contribution in [1.29, 1.82) is 0 Å². The van der Waals surface area contributed by atoms with E-state index in [2.05, 4.69) is 10.3 Å². The van der Waals surface area contributed by atoms with E-state index in [1.54, 1.807) is 17.9 Å². The summed E-state index contributed by atoms with van der Waals surface area (Å²) in [5.41, 5.74) is -0.722. The third kappa shape index (κ3) is 4.05. The number of aliphatic imine (C=N–C) groups is 1. The molecule has 2 N–H and O–H groups in total. The van der Waals surface area contributed by atoms with Crippen molar-refractivity contribution < 1.29 is 14.7 Å². The van der Waals surface area contributed by atoms with Crippen molar-refractivity contribution in [3.05, 3.63) is 0 Å². The van der Waals surface area contributed by atoms with Gasteiger partial charge < -0.3 is 15.3 Å². The van der Waals surface area contributed by atoms with Crippen molar-refractivity contribution in [2.24, 2.45) is 16.8 Å². The van der Waals surface area contributed by atoms with Crippen LogP contribution in [0.3, 0.4) is 0 Å². The van der Waals surface area contributed by atoms with Crippen LogP contribution in [0, 0.1) is 11.8 Å². The molecule has 0 bridgehead atoms. The lowest BCUT2D eigenvalue weighted by Crippen LogP contribution is -2.64. The summed E-state index contributed by atoms with van der Waals surface area (Å²) >= 11 is 0. The number of isocyanates is 1. The van der Waals surface area contributed by atoms with Gasteiger partial charge in [-0.3, -0.25) is 0 Å². The van der Waals surface area contributed by atoms with Crippen LogP contribution in [0.5, 0.6) is 0 Å². The number of carbonyl (C=O) groups excluding carboxylic acids is 2. The Morgan fingerprint density at radius 3 is 2.80 bits per heavy atom. The van der Waals surface area contributed by atoms with Gasteiger partial charge in [-0.15, -0.1) is 0 Å². The molecule has 1 heterocycles. The molecule has 2 amide bonds. The molecule has 20 heavy (non-hydrogen) atoms. The molecule has 0 aromatic carbocycles. The molecule has 0 aromatic heterocycles. The van der Waals surface area contributed by atoms with Crippen molar-refractivity contribution >= 4 is 12.1 Å². The standard InChI is InChI=1S/C14H23N3O3/c1-14(20)8-17(9-14)13(19)16-7-12-4-2-3-11(5-12)6-15-10-18/h11-12,20H,2-9H2,1H3,(H,16,19). The summed E-state index contributed by atoms with van der Waals surface area (Å²) < 4.78 is 0. The van der Waals surface area contributed by atoms with Crippen LogP contribution in [-0.4, -0.2) is 53.9 Å². The van der Waals surface area contributed by atoms with Gasteiger partial charge in [0, 0.05) is 6.54 Å². The minimum absolute atomic E-state index is 0.0930. The zero-order chi connectivity index (χ0) is 14.6. The van der Waals surface area contributed by atoms with Gasteiger partial charge in [0.25, 0.3) is 0 Å². The Bertz CT molecular complexity index is 396. The first-order valence-corrected chi connectivity index (χ1v) is 7.29. The number of nitrogens with zero attached hydrogens (tertiary/aromatic N) is 2. The molecule has 112 valence electrons. The summed E-state index contributed by atoms with van der Waals surface area (Å²) in [6, 6.07) is -0.0930. The number of hydrogen-bond acceptors (Lipinski definition) is 4. The Hall–Kier alpha value is -1.39. The molecule has 1 saturated heterocycles. The highest BCUT2D eigenvalue weighted by Crippen LogP contribution is 2.29. The van der Waals surface area contributed by atoms with E-state index in [0.717, 1.165) is 25.7 Å². The number of likely N-dealkylation sites (tertiary alicyclic amines) is 1. The van der Waals surface area contributed by atoms with Crippen LogP contribution < -0.4 is 5.32 Å². The Balaban J connectivity index is 1.68. The number of nitrogens with one attached hydrogen (secondary N) is 1. The van der Waals surface area contributed by atoms with Crippen LogP contribution in [0.25, 0.3) is 0 Å². The Morgan fingerprint density at radius 1 is 1.45 bits per heavy atom. The smallest absolute Gasteiger partial charge is 0.317 e. The number of carbonyl (C=O) groups is 1. The van der Waals surface area contributed by atoms with E-state index >= 15 is 0 Å². The molecular weight excluding hydrogens is 258 g/mol. The second kappa shape index (κ2) is 6.37. The summed E-state index contributed by atoms with van der Waals surface area (Å²) in [4.78, 5) is 27.3. The topological polar surface area (TPSA) is 82.0 Å². The van der Waals surface area contributed by atoms with Gasteiger partial charge in [-0.1, -0.05) is 6.42 Å². The fourth-order valence-corrected chi connectivity index (χ4v) is 3.18. The minimum atomic E-state index is -0.722. The van der Waals surface area contributed by atoms with Gasteiger partial charge in [0.05, 0.1) is 25.2 Å². The molecule has 2 aliphatic rings. The molecule has 1 saturated carbocycles. The Labute approximate surface area is 119 Å². The number of β-amino-alcohol motifs (C(OH)–C–C–N with tert-alkyl or cyclic N) is 1.